The predicted octanol–water partition coefficient (Wildman–Crippen LogP) is -0.919. The average Bonchev–Trinajstić information content (AvgIpc) is 2.48. The van der Waals surface area contributed by atoms with Gasteiger partial charge in [0.2, 0.25) is 0 Å². The number of phenolic OH excluding ortho intramolecular Hbond substituents is 4. The lowest BCUT2D eigenvalue weighted by atomic mass is 10.0. The van der Waals surface area contributed by atoms with E-state index in [-0.39, 0.29) is 40.0 Å². The standard InChI is InChI=1S/C17H15NO4.BrH/c1-18-5-4-11-8-16(21)17(22)9-12(11)13(18)6-10-2-3-14(19)15(20)7-10;/h2-5,7-9,19-20,22H,6H2,1H3;1H. The Bertz CT molecular complexity index is 880. The number of aromatic nitrogens is 1. The van der Waals surface area contributed by atoms with E-state index in [2.05, 4.69) is 0 Å². The number of phenols is 4. The van der Waals surface area contributed by atoms with Crippen LogP contribution in [0, 0.1) is 0 Å². The van der Waals surface area contributed by atoms with Crippen LogP contribution in [0.3, 0.4) is 0 Å². The molecule has 0 fully saturated rings. The Labute approximate surface area is 143 Å². The zero-order chi connectivity index (χ0) is 15.9. The lowest BCUT2D eigenvalue weighted by Crippen LogP contribution is -3.00. The van der Waals surface area contributed by atoms with Crippen LogP contribution in [-0.2, 0) is 13.5 Å². The van der Waals surface area contributed by atoms with Gasteiger partial charge in [-0.25, -0.2) is 4.57 Å². The largest absolute Gasteiger partial charge is 1.00 e. The molecule has 23 heavy (non-hydrogen) atoms. The molecule has 2 aromatic carbocycles. The molecule has 5 nitrogen and oxygen atoms in total. The third kappa shape index (κ3) is 3.17. The molecular weight excluding hydrogens is 362 g/mol. The summed E-state index contributed by atoms with van der Waals surface area (Å²) >= 11 is 0. The number of rotatable bonds is 2. The van der Waals surface area contributed by atoms with Gasteiger partial charge in [0.05, 0.1) is 11.8 Å². The molecule has 3 aromatic rings. The van der Waals surface area contributed by atoms with Crippen LogP contribution in [0.15, 0.2) is 42.6 Å². The molecule has 1 heterocycles. The fraction of sp³-hybridized carbons (Fsp3) is 0.118. The lowest BCUT2D eigenvalue weighted by Gasteiger charge is -2.07. The molecule has 1 aromatic heterocycles. The SMILES string of the molecule is C[n+]1ccc2cc(O)c(O)cc2c1Cc1ccc(O)c(O)c1.[Br-]. The Balaban J connectivity index is 0.00000192. The predicted molar refractivity (Wildman–Crippen MR) is 81.0 cm³/mol. The maximum absolute atomic E-state index is 9.75. The van der Waals surface area contributed by atoms with Crippen LogP contribution in [0.2, 0.25) is 0 Å². The molecule has 120 valence electrons. The molecule has 0 bridgehead atoms. The van der Waals surface area contributed by atoms with Gasteiger partial charge in [0.25, 0.3) is 0 Å². The molecule has 0 unspecified atom stereocenters. The van der Waals surface area contributed by atoms with E-state index in [1.54, 1.807) is 6.07 Å². The highest BCUT2D eigenvalue weighted by atomic mass is 79.9. The zero-order valence-electron chi connectivity index (χ0n) is 12.4. The van der Waals surface area contributed by atoms with Crippen molar-refractivity contribution in [3.8, 4) is 23.0 Å². The maximum Gasteiger partial charge on any atom is 0.193 e. The second-order valence-corrected chi connectivity index (χ2v) is 5.30. The minimum Gasteiger partial charge on any atom is -1.00 e. The second kappa shape index (κ2) is 6.34. The molecule has 0 aliphatic rings. The highest BCUT2D eigenvalue weighted by Crippen LogP contribution is 2.32. The van der Waals surface area contributed by atoms with Crippen LogP contribution in [-0.4, -0.2) is 20.4 Å². The minimum atomic E-state index is -0.173. The van der Waals surface area contributed by atoms with Crippen molar-refractivity contribution in [2.24, 2.45) is 7.05 Å². The van der Waals surface area contributed by atoms with E-state index in [1.807, 2.05) is 23.9 Å². The average molecular weight is 378 g/mol. The van der Waals surface area contributed by atoms with Crippen LogP contribution in [0.4, 0.5) is 0 Å². The van der Waals surface area contributed by atoms with Gasteiger partial charge in [-0.1, -0.05) is 6.07 Å². The molecule has 0 atom stereocenters. The van der Waals surface area contributed by atoms with Crippen molar-refractivity contribution in [1.29, 1.82) is 0 Å². The van der Waals surface area contributed by atoms with Crippen LogP contribution in [0.5, 0.6) is 23.0 Å². The van der Waals surface area contributed by atoms with Crippen LogP contribution in [0.1, 0.15) is 11.3 Å². The highest BCUT2D eigenvalue weighted by Gasteiger charge is 2.16. The van der Waals surface area contributed by atoms with E-state index in [0.29, 0.717) is 6.42 Å². The van der Waals surface area contributed by atoms with Gasteiger partial charge in [0.1, 0.15) is 7.05 Å². The normalized spacial score (nSPS) is 10.5. The van der Waals surface area contributed by atoms with E-state index >= 15 is 0 Å². The molecule has 0 aliphatic heterocycles. The first-order valence-corrected chi connectivity index (χ1v) is 6.80. The van der Waals surface area contributed by atoms with Crippen molar-refractivity contribution in [2.45, 2.75) is 6.42 Å². The topological polar surface area (TPSA) is 84.8 Å². The Morgan fingerprint density at radius 1 is 0.826 bits per heavy atom. The highest BCUT2D eigenvalue weighted by molar-refractivity contribution is 5.87. The summed E-state index contributed by atoms with van der Waals surface area (Å²) in [6.07, 6.45) is 2.38. The zero-order valence-corrected chi connectivity index (χ0v) is 13.9. The molecule has 3 rings (SSSR count). The summed E-state index contributed by atoms with van der Waals surface area (Å²) in [4.78, 5) is 0. The summed E-state index contributed by atoms with van der Waals surface area (Å²) < 4.78 is 1.92. The third-order valence-electron chi connectivity index (χ3n) is 3.77. The molecule has 0 saturated carbocycles. The van der Waals surface area contributed by atoms with Crippen LogP contribution in [0.25, 0.3) is 10.8 Å². The summed E-state index contributed by atoms with van der Waals surface area (Å²) in [5.41, 5.74) is 1.74. The van der Waals surface area contributed by atoms with Gasteiger partial charge < -0.3 is 37.4 Å². The number of hydrogen-bond donors (Lipinski definition) is 4. The van der Waals surface area contributed by atoms with Crippen molar-refractivity contribution in [1.82, 2.24) is 0 Å². The summed E-state index contributed by atoms with van der Waals surface area (Å²) in [5.74, 6) is -0.655. The Hall–Kier alpha value is -2.47. The molecule has 0 aliphatic carbocycles. The molecule has 4 N–H and O–H groups in total. The van der Waals surface area contributed by atoms with Gasteiger partial charge in [-0.15, -0.1) is 0 Å². The first-order valence-electron chi connectivity index (χ1n) is 6.80. The molecule has 0 saturated heterocycles. The van der Waals surface area contributed by atoms with Gasteiger partial charge >= 0.3 is 0 Å². The van der Waals surface area contributed by atoms with E-state index in [9.17, 15) is 20.4 Å². The second-order valence-electron chi connectivity index (χ2n) is 5.30. The van der Waals surface area contributed by atoms with Gasteiger partial charge in [0.15, 0.2) is 34.9 Å². The van der Waals surface area contributed by atoms with Crippen LogP contribution < -0.4 is 21.5 Å². The molecule has 0 spiro atoms. The number of aromatic hydroxyl groups is 4. The first-order chi connectivity index (χ1) is 10.5. The van der Waals surface area contributed by atoms with Gasteiger partial charge in [-0.05, 0) is 35.2 Å². The monoisotopic (exact) mass is 377 g/mol. The van der Waals surface area contributed by atoms with Gasteiger partial charge in [-0.3, -0.25) is 0 Å². The number of hydrogen-bond acceptors (Lipinski definition) is 4. The van der Waals surface area contributed by atoms with E-state index in [0.717, 1.165) is 22.0 Å². The van der Waals surface area contributed by atoms with Crippen LogP contribution >= 0.6 is 0 Å². The van der Waals surface area contributed by atoms with E-state index in [4.69, 9.17) is 0 Å². The fourth-order valence-electron chi connectivity index (χ4n) is 2.55. The summed E-state index contributed by atoms with van der Waals surface area (Å²) in [6.45, 7) is 0. The van der Waals surface area contributed by atoms with Crippen molar-refractivity contribution >= 4 is 10.8 Å². The smallest absolute Gasteiger partial charge is 0.193 e. The number of fused-ring (bicyclic) bond motifs is 1. The van der Waals surface area contributed by atoms with Crippen molar-refractivity contribution in [3.05, 3.63) is 53.9 Å². The summed E-state index contributed by atoms with van der Waals surface area (Å²) in [6, 6.07) is 9.58. The number of benzene rings is 2. The Morgan fingerprint density at radius 3 is 2.17 bits per heavy atom. The lowest BCUT2D eigenvalue weighted by molar-refractivity contribution is -0.677. The number of aryl methyl sites for hydroxylation is 1. The Morgan fingerprint density at radius 2 is 1.48 bits per heavy atom. The minimum absolute atomic E-state index is 0. The summed E-state index contributed by atoms with van der Waals surface area (Å²) in [7, 11) is 1.89. The molecule has 0 radical (unpaired) electrons. The van der Waals surface area contributed by atoms with Crippen molar-refractivity contribution in [3.63, 3.8) is 0 Å². The molecule has 0 amide bonds. The quantitative estimate of drug-likeness (QED) is 0.344. The fourth-order valence-corrected chi connectivity index (χ4v) is 2.55. The number of pyridine rings is 1. The van der Waals surface area contributed by atoms with Gasteiger partial charge in [-0.2, -0.15) is 0 Å². The molecule has 6 heteroatoms. The Kier molecular flexibility index (Phi) is 4.65. The maximum atomic E-state index is 9.75. The van der Waals surface area contributed by atoms with E-state index in [1.165, 1.54) is 24.3 Å². The van der Waals surface area contributed by atoms with Gasteiger partial charge in [0, 0.05) is 6.07 Å². The number of halogens is 1. The van der Waals surface area contributed by atoms with Crippen molar-refractivity contribution in [2.75, 3.05) is 0 Å². The third-order valence-corrected chi connectivity index (χ3v) is 3.77. The number of nitrogens with zero attached hydrogens (tertiary/aromatic N) is 1. The van der Waals surface area contributed by atoms with E-state index < -0.39 is 0 Å². The van der Waals surface area contributed by atoms with Crippen molar-refractivity contribution < 1.29 is 42.0 Å². The summed E-state index contributed by atoms with van der Waals surface area (Å²) in [5, 5.41) is 40.0. The first kappa shape index (κ1) is 16.9. The molecular formula is C17H16BrNO4.